The van der Waals surface area contributed by atoms with E-state index in [1.54, 1.807) is 34.1 Å². The van der Waals surface area contributed by atoms with Crippen LogP contribution in [0.3, 0.4) is 0 Å². The van der Waals surface area contributed by atoms with Gasteiger partial charge < -0.3 is 20.0 Å². The summed E-state index contributed by atoms with van der Waals surface area (Å²) in [5.41, 5.74) is 1.32. The van der Waals surface area contributed by atoms with Crippen LogP contribution in [0.4, 0.5) is 10.5 Å². The molecule has 7 heteroatoms. The number of nitrogens with one attached hydrogen (secondary N) is 1. The summed E-state index contributed by atoms with van der Waals surface area (Å²) >= 11 is 0. The van der Waals surface area contributed by atoms with Crippen LogP contribution in [0.5, 0.6) is 0 Å². The smallest absolute Gasteiger partial charge is 0.320 e. The monoisotopic (exact) mass is 386 g/mol. The van der Waals surface area contributed by atoms with Gasteiger partial charge in [-0.3, -0.25) is 9.59 Å². The van der Waals surface area contributed by atoms with E-state index in [1.165, 1.54) is 0 Å². The minimum Gasteiger partial charge on any atom is -0.335 e. The fourth-order valence-electron chi connectivity index (χ4n) is 3.60. The van der Waals surface area contributed by atoms with Crippen molar-refractivity contribution in [2.45, 2.75) is 27.2 Å². The number of carbonyl (C=O) groups is 3. The van der Waals surface area contributed by atoms with Crippen molar-refractivity contribution >= 4 is 23.5 Å². The molecule has 28 heavy (non-hydrogen) atoms. The molecule has 4 amide bonds. The number of urea groups is 1. The van der Waals surface area contributed by atoms with Crippen molar-refractivity contribution < 1.29 is 14.4 Å². The number of carbonyl (C=O) groups excluding carboxylic acids is 3. The molecule has 1 saturated heterocycles. The molecule has 1 aliphatic carbocycles. The summed E-state index contributed by atoms with van der Waals surface area (Å²) in [4.78, 5) is 42.6. The lowest BCUT2D eigenvalue weighted by atomic mass is 10.1. The van der Waals surface area contributed by atoms with E-state index in [9.17, 15) is 14.4 Å². The average molecular weight is 386 g/mol. The first-order valence-corrected chi connectivity index (χ1v) is 10.2. The maximum Gasteiger partial charge on any atom is 0.320 e. The zero-order valence-electron chi connectivity index (χ0n) is 17.0. The number of piperazine rings is 1. The lowest BCUT2D eigenvalue weighted by Crippen LogP contribution is -2.54. The van der Waals surface area contributed by atoms with Crippen molar-refractivity contribution in [3.8, 4) is 0 Å². The van der Waals surface area contributed by atoms with E-state index < -0.39 is 0 Å². The number of anilines is 1. The van der Waals surface area contributed by atoms with Gasteiger partial charge in [0.15, 0.2) is 0 Å². The lowest BCUT2D eigenvalue weighted by molar-refractivity contribution is -0.117. The van der Waals surface area contributed by atoms with Gasteiger partial charge in [-0.25, -0.2) is 4.79 Å². The Balaban J connectivity index is 1.52. The van der Waals surface area contributed by atoms with Crippen molar-refractivity contribution in [1.82, 2.24) is 14.7 Å². The molecule has 1 aromatic rings. The van der Waals surface area contributed by atoms with Crippen molar-refractivity contribution in [2.24, 2.45) is 11.8 Å². The van der Waals surface area contributed by atoms with Gasteiger partial charge in [0.25, 0.3) is 5.91 Å². The molecule has 152 valence electrons. The Labute approximate surface area is 166 Å². The van der Waals surface area contributed by atoms with E-state index in [0.29, 0.717) is 50.7 Å². The predicted molar refractivity (Wildman–Crippen MR) is 108 cm³/mol. The lowest BCUT2D eigenvalue weighted by Gasteiger charge is -2.37. The van der Waals surface area contributed by atoms with Gasteiger partial charge in [0, 0.05) is 56.4 Å². The summed E-state index contributed by atoms with van der Waals surface area (Å²) in [6, 6.07) is 7.10. The number of benzene rings is 1. The Hall–Kier alpha value is -2.57. The minimum absolute atomic E-state index is 0.0383. The van der Waals surface area contributed by atoms with Gasteiger partial charge >= 0.3 is 6.03 Å². The third-order valence-electron chi connectivity index (χ3n) is 5.72. The van der Waals surface area contributed by atoms with Crippen molar-refractivity contribution in [3.63, 3.8) is 0 Å². The normalized spacial score (nSPS) is 21.2. The summed E-state index contributed by atoms with van der Waals surface area (Å²) < 4.78 is 0. The first-order valence-electron chi connectivity index (χ1n) is 10.2. The van der Waals surface area contributed by atoms with Crippen molar-refractivity contribution in [2.75, 3.05) is 44.6 Å². The van der Waals surface area contributed by atoms with Gasteiger partial charge in [-0.1, -0.05) is 6.92 Å². The Morgan fingerprint density at radius 2 is 1.54 bits per heavy atom. The van der Waals surface area contributed by atoms with E-state index in [4.69, 9.17) is 0 Å². The molecule has 0 bridgehead atoms. The Bertz CT molecular complexity index is 722. The Kier molecular flexibility index (Phi) is 6.21. The summed E-state index contributed by atoms with van der Waals surface area (Å²) in [7, 11) is 0. The quantitative estimate of drug-likeness (QED) is 0.845. The molecule has 2 atom stereocenters. The van der Waals surface area contributed by atoms with Gasteiger partial charge in [-0.15, -0.1) is 0 Å². The van der Waals surface area contributed by atoms with Crippen LogP contribution < -0.4 is 5.32 Å². The van der Waals surface area contributed by atoms with Crippen molar-refractivity contribution in [3.05, 3.63) is 29.8 Å². The van der Waals surface area contributed by atoms with Crippen LogP contribution in [0, 0.1) is 11.8 Å². The van der Waals surface area contributed by atoms with Crippen LogP contribution in [0.25, 0.3) is 0 Å². The standard InChI is InChI=1S/C21H30N4O3/c1-4-23(5-2)21(28)25-12-10-24(11-13-25)20(27)16-6-8-17(9-7-16)22-19(26)18-14-15(18)3/h6-9,15,18H,4-5,10-14H2,1-3H3,(H,22,26). The second-order valence-electron chi connectivity index (χ2n) is 7.62. The fourth-order valence-corrected chi connectivity index (χ4v) is 3.60. The SMILES string of the molecule is CCN(CC)C(=O)N1CCN(C(=O)c2ccc(NC(=O)C3CC3C)cc2)CC1. The largest absolute Gasteiger partial charge is 0.335 e. The molecule has 1 saturated carbocycles. The topological polar surface area (TPSA) is 73.0 Å². The van der Waals surface area contributed by atoms with Crippen LogP contribution in [0.1, 0.15) is 37.6 Å². The Morgan fingerprint density at radius 1 is 1.00 bits per heavy atom. The first-order chi connectivity index (χ1) is 13.4. The molecule has 1 N–H and O–H groups in total. The number of rotatable bonds is 5. The molecule has 1 aromatic carbocycles. The molecule has 7 nitrogen and oxygen atoms in total. The summed E-state index contributed by atoms with van der Waals surface area (Å²) in [6.07, 6.45) is 0.950. The predicted octanol–water partition coefficient (Wildman–Crippen LogP) is 2.50. The molecule has 3 rings (SSSR count). The van der Waals surface area contributed by atoms with Crippen LogP contribution in [-0.2, 0) is 4.79 Å². The minimum atomic E-state index is -0.0383. The van der Waals surface area contributed by atoms with E-state index in [0.717, 1.165) is 12.1 Å². The molecule has 1 aliphatic heterocycles. The van der Waals surface area contributed by atoms with Crippen LogP contribution in [0.15, 0.2) is 24.3 Å². The van der Waals surface area contributed by atoms with Gasteiger partial charge in [0.05, 0.1) is 0 Å². The molecule has 0 radical (unpaired) electrons. The van der Waals surface area contributed by atoms with Gasteiger partial charge in [0.2, 0.25) is 5.91 Å². The molecule has 2 fully saturated rings. The van der Waals surface area contributed by atoms with Crippen LogP contribution >= 0.6 is 0 Å². The molecular formula is C21H30N4O3. The van der Waals surface area contributed by atoms with E-state index in [-0.39, 0.29) is 23.8 Å². The second-order valence-corrected chi connectivity index (χ2v) is 7.62. The summed E-state index contributed by atoms with van der Waals surface area (Å²) in [5.74, 6) is 0.606. The third-order valence-corrected chi connectivity index (χ3v) is 5.72. The van der Waals surface area contributed by atoms with Gasteiger partial charge in [-0.05, 0) is 50.5 Å². The zero-order valence-corrected chi connectivity index (χ0v) is 17.0. The average Bonchev–Trinajstić information content (AvgIpc) is 3.46. The number of hydrogen-bond acceptors (Lipinski definition) is 3. The summed E-state index contributed by atoms with van der Waals surface area (Å²) in [6.45, 7) is 9.56. The maximum atomic E-state index is 12.7. The number of hydrogen-bond donors (Lipinski definition) is 1. The van der Waals surface area contributed by atoms with E-state index in [1.807, 2.05) is 18.7 Å². The van der Waals surface area contributed by atoms with Gasteiger partial charge in [0.1, 0.15) is 0 Å². The highest BCUT2D eigenvalue weighted by Crippen LogP contribution is 2.38. The second kappa shape index (κ2) is 8.63. The number of amides is 4. The highest BCUT2D eigenvalue weighted by molar-refractivity contribution is 5.97. The molecule has 0 spiro atoms. The van der Waals surface area contributed by atoms with E-state index in [2.05, 4.69) is 12.2 Å². The Morgan fingerprint density at radius 3 is 2.04 bits per heavy atom. The molecule has 2 unspecified atom stereocenters. The maximum absolute atomic E-state index is 12.7. The molecular weight excluding hydrogens is 356 g/mol. The molecule has 2 aliphatic rings. The van der Waals surface area contributed by atoms with Crippen LogP contribution in [0.2, 0.25) is 0 Å². The fraction of sp³-hybridized carbons (Fsp3) is 0.571. The highest BCUT2D eigenvalue weighted by Gasteiger charge is 2.39. The zero-order chi connectivity index (χ0) is 20.3. The van der Waals surface area contributed by atoms with E-state index >= 15 is 0 Å². The molecule has 0 aromatic heterocycles. The van der Waals surface area contributed by atoms with Crippen molar-refractivity contribution in [1.29, 1.82) is 0 Å². The highest BCUT2D eigenvalue weighted by atomic mass is 16.2. The van der Waals surface area contributed by atoms with Crippen LogP contribution in [-0.4, -0.2) is 71.8 Å². The summed E-state index contributed by atoms with van der Waals surface area (Å²) in [5, 5.41) is 2.91. The number of nitrogens with zero attached hydrogens (tertiary/aromatic N) is 3. The third kappa shape index (κ3) is 4.46. The first kappa shape index (κ1) is 20.2. The molecule has 1 heterocycles. The van der Waals surface area contributed by atoms with Gasteiger partial charge in [-0.2, -0.15) is 0 Å².